The van der Waals surface area contributed by atoms with Crippen molar-refractivity contribution in [3.63, 3.8) is 0 Å². The molecule has 152 valence electrons. The highest BCUT2D eigenvalue weighted by atomic mass is 127. The van der Waals surface area contributed by atoms with Crippen molar-refractivity contribution in [1.82, 2.24) is 10.6 Å². The maximum absolute atomic E-state index is 11.9. The molecule has 0 unspecified atom stereocenters. The molecule has 2 rings (SSSR count). The molecule has 0 aromatic heterocycles. The topological polar surface area (TPSA) is 81.2 Å². The number of aliphatic imine (C=N–C) groups is 1. The van der Waals surface area contributed by atoms with Gasteiger partial charge in [-0.05, 0) is 29.8 Å². The number of esters is 1. The molecule has 0 saturated heterocycles. The fraction of sp³-hybridized carbons (Fsp3) is 0.300. The maximum atomic E-state index is 11.9. The second-order valence-electron chi connectivity index (χ2n) is 5.54. The van der Waals surface area contributed by atoms with Gasteiger partial charge in [-0.25, -0.2) is 4.79 Å². The van der Waals surface area contributed by atoms with Crippen LogP contribution in [0.25, 0.3) is 0 Å². The number of benzene rings is 2. The van der Waals surface area contributed by atoms with Gasteiger partial charge in [-0.3, -0.25) is 4.99 Å². The average molecular weight is 499 g/mol. The van der Waals surface area contributed by atoms with E-state index in [2.05, 4.69) is 15.6 Å². The Morgan fingerprint density at radius 1 is 1.07 bits per heavy atom. The zero-order valence-corrected chi connectivity index (χ0v) is 18.6. The molecule has 0 aliphatic carbocycles. The van der Waals surface area contributed by atoms with E-state index in [1.54, 1.807) is 19.2 Å². The van der Waals surface area contributed by atoms with Crippen LogP contribution in [-0.2, 0) is 11.3 Å². The molecule has 0 aliphatic rings. The molecule has 0 saturated carbocycles. The lowest BCUT2D eigenvalue weighted by Gasteiger charge is -2.14. The van der Waals surface area contributed by atoms with Crippen LogP contribution in [0.1, 0.15) is 15.9 Å². The van der Waals surface area contributed by atoms with E-state index in [1.807, 2.05) is 36.4 Å². The van der Waals surface area contributed by atoms with Crippen LogP contribution in [0.15, 0.2) is 53.5 Å². The number of nitrogens with one attached hydrogen (secondary N) is 2. The Labute approximate surface area is 182 Å². The first-order valence-electron chi connectivity index (χ1n) is 8.55. The van der Waals surface area contributed by atoms with Crippen molar-refractivity contribution < 1.29 is 19.0 Å². The molecule has 2 aromatic rings. The van der Waals surface area contributed by atoms with Crippen molar-refractivity contribution >= 4 is 35.9 Å². The standard InChI is InChI=1S/C20H25N3O4.HI/c1-21-20(22-11-12-27-16-7-5-4-6-8-16)23-14-15-9-10-18(25-2)17(13-15)19(24)26-3;/h4-10,13H,11-12,14H2,1-3H3,(H2,21,22,23);1H. The SMILES string of the molecule is CN=C(NCCOc1ccccc1)NCc1ccc(OC)c(C(=O)OC)c1.I. The van der Waals surface area contributed by atoms with Gasteiger partial charge < -0.3 is 24.8 Å². The molecule has 2 aromatic carbocycles. The number of hydrogen-bond acceptors (Lipinski definition) is 5. The minimum Gasteiger partial charge on any atom is -0.496 e. The molecular weight excluding hydrogens is 473 g/mol. The zero-order valence-electron chi connectivity index (χ0n) is 16.2. The van der Waals surface area contributed by atoms with Gasteiger partial charge in [0.1, 0.15) is 23.7 Å². The molecular formula is C20H26IN3O4. The van der Waals surface area contributed by atoms with E-state index in [0.717, 1.165) is 11.3 Å². The number of guanidine groups is 1. The third kappa shape index (κ3) is 7.26. The number of carbonyl (C=O) groups is 1. The fourth-order valence-electron chi connectivity index (χ4n) is 2.40. The molecule has 0 aliphatic heterocycles. The monoisotopic (exact) mass is 499 g/mol. The Bertz CT molecular complexity index is 769. The van der Waals surface area contributed by atoms with E-state index in [4.69, 9.17) is 14.2 Å². The lowest BCUT2D eigenvalue weighted by atomic mass is 10.1. The van der Waals surface area contributed by atoms with Gasteiger partial charge in [-0.2, -0.15) is 0 Å². The maximum Gasteiger partial charge on any atom is 0.341 e. The number of nitrogens with zero attached hydrogens (tertiary/aromatic N) is 1. The highest BCUT2D eigenvalue weighted by Gasteiger charge is 2.13. The van der Waals surface area contributed by atoms with Crippen molar-refractivity contribution in [2.75, 3.05) is 34.4 Å². The van der Waals surface area contributed by atoms with Crippen LogP contribution in [0.4, 0.5) is 0 Å². The van der Waals surface area contributed by atoms with Gasteiger partial charge in [0.05, 0.1) is 20.8 Å². The average Bonchev–Trinajstić information content (AvgIpc) is 2.73. The molecule has 0 atom stereocenters. The van der Waals surface area contributed by atoms with Crippen molar-refractivity contribution in [3.05, 3.63) is 59.7 Å². The molecule has 0 bridgehead atoms. The fourth-order valence-corrected chi connectivity index (χ4v) is 2.40. The summed E-state index contributed by atoms with van der Waals surface area (Å²) < 4.78 is 15.6. The van der Waals surface area contributed by atoms with Crippen LogP contribution in [0, 0.1) is 0 Å². The molecule has 28 heavy (non-hydrogen) atoms. The molecule has 0 radical (unpaired) electrons. The number of hydrogen-bond donors (Lipinski definition) is 2. The van der Waals surface area contributed by atoms with Gasteiger partial charge in [0.2, 0.25) is 0 Å². The normalized spacial score (nSPS) is 10.5. The summed E-state index contributed by atoms with van der Waals surface area (Å²) >= 11 is 0. The molecule has 0 heterocycles. The van der Waals surface area contributed by atoms with Gasteiger partial charge in [0.15, 0.2) is 5.96 Å². The van der Waals surface area contributed by atoms with Gasteiger partial charge in [0.25, 0.3) is 0 Å². The summed E-state index contributed by atoms with van der Waals surface area (Å²) in [5.41, 5.74) is 1.29. The van der Waals surface area contributed by atoms with Crippen molar-refractivity contribution in [3.8, 4) is 11.5 Å². The predicted octanol–water partition coefficient (Wildman–Crippen LogP) is 2.84. The largest absolute Gasteiger partial charge is 0.496 e. The molecule has 0 fully saturated rings. The van der Waals surface area contributed by atoms with Crippen molar-refractivity contribution in [2.45, 2.75) is 6.54 Å². The van der Waals surface area contributed by atoms with Gasteiger partial charge in [0, 0.05) is 13.6 Å². The van der Waals surface area contributed by atoms with Gasteiger partial charge >= 0.3 is 5.97 Å². The summed E-state index contributed by atoms with van der Waals surface area (Å²) in [7, 11) is 4.56. The van der Waals surface area contributed by atoms with E-state index in [-0.39, 0.29) is 24.0 Å². The first-order valence-corrected chi connectivity index (χ1v) is 8.55. The van der Waals surface area contributed by atoms with Crippen LogP contribution in [0.3, 0.4) is 0 Å². The summed E-state index contributed by atoms with van der Waals surface area (Å²) in [4.78, 5) is 16.0. The summed E-state index contributed by atoms with van der Waals surface area (Å²) in [5.74, 6) is 1.51. The number of para-hydroxylation sites is 1. The van der Waals surface area contributed by atoms with E-state index >= 15 is 0 Å². The van der Waals surface area contributed by atoms with Crippen LogP contribution < -0.4 is 20.1 Å². The highest BCUT2D eigenvalue weighted by Crippen LogP contribution is 2.20. The second-order valence-corrected chi connectivity index (χ2v) is 5.54. The molecule has 8 heteroatoms. The quantitative estimate of drug-likeness (QED) is 0.191. The number of carbonyl (C=O) groups excluding carboxylic acids is 1. The third-order valence-corrected chi connectivity index (χ3v) is 3.76. The van der Waals surface area contributed by atoms with Crippen LogP contribution in [-0.4, -0.2) is 46.3 Å². The Morgan fingerprint density at radius 3 is 2.46 bits per heavy atom. The highest BCUT2D eigenvalue weighted by molar-refractivity contribution is 14.0. The van der Waals surface area contributed by atoms with E-state index < -0.39 is 5.97 Å². The third-order valence-electron chi connectivity index (χ3n) is 3.76. The minimum atomic E-state index is -0.436. The molecule has 2 N–H and O–H groups in total. The number of methoxy groups -OCH3 is 2. The first kappa shape index (κ1) is 23.5. The number of ether oxygens (including phenoxy) is 3. The Kier molecular flexibility index (Phi) is 10.8. The molecule has 7 nitrogen and oxygen atoms in total. The number of rotatable bonds is 8. The van der Waals surface area contributed by atoms with E-state index in [9.17, 15) is 4.79 Å². The van der Waals surface area contributed by atoms with Gasteiger partial charge in [-0.1, -0.05) is 24.3 Å². The lowest BCUT2D eigenvalue weighted by Crippen LogP contribution is -2.38. The van der Waals surface area contributed by atoms with E-state index in [0.29, 0.717) is 37.0 Å². The Morgan fingerprint density at radius 2 is 1.82 bits per heavy atom. The van der Waals surface area contributed by atoms with Crippen molar-refractivity contribution in [2.24, 2.45) is 4.99 Å². The predicted molar refractivity (Wildman–Crippen MR) is 120 cm³/mol. The summed E-state index contributed by atoms with van der Waals surface area (Å²) in [6.07, 6.45) is 0. The Balaban J connectivity index is 0.00000392. The molecule has 0 spiro atoms. The summed E-state index contributed by atoms with van der Waals surface area (Å²) in [6, 6.07) is 15.0. The smallest absolute Gasteiger partial charge is 0.341 e. The van der Waals surface area contributed by atoms with Gasteiger partial charge in [-0.15, -0.1) is 24.0 Å². The number of halogens is 1. The van der Waals surface area contributed by atoms with Crippen LogP contribution in [0.5, 0.6) is 11.5 Å². The second kappa shape index (κ2) is 12.8. The van der Waals surface area contributed by atoms with Crippen LogP contribution >= 0.6 is 24.0 Å². The Hall–Kier alpha value is -2.49. The van der Waals surface area contributed by atoms with Crippen molar-refractivity contribution in [1.29, 1.82) is 0 Å². The van der Waals surface area contributed by atoms with Crippen LogP contribution in [0.2, 0.25) is 0 Å². The lowest BCUT2D eigenvalue weighted by molar-refractivity contribution is 0.0597. The first-order chi connectivity index (χ1) is 13.2. The summed E-state index contributed by atoms with van der Waals surface area (Å²) in [5, 5.41) is 6.38. The molecule has 0 amide bonds. The zero-order chi connectivity index (χ0) is 19.5. The van der Waals surface area contributed by atoms with E-state index in [1.165, 1.54) is 14.2 Å². The minimum absolute atomic E-state index is 0. The summed E-state index contributed by atoms with van der Waals surface area (Å²) in [6.45, 7) is 1.61.